The lowest BCUT2D eigenvalue weighted by Gasteiger charge is -2.30. The Morgan fingerprint density at radius 3 is 2.29 bits per heavy atom. The summed E-state index contributed by atoms with van der Waals surface area (Å²) >= 11 is 0. The van der Waals surface area contributed by atoms with Gasteiger partial charge >= 0.3 is 0 Å². The first-order valence-electron chi connectivity index (χ1n) is 9.16. The van der Waals surface area contributed by atoms with Crippen LogP contribution in [0.4, 0.5) is 17.1 Å². The Hall–Kier alpha value is -3.42. The molecule has 0 aliphatic carbocycles. The minimum absolute atomic E-state index is 0.124. The van der Waals surface area contributed by atoms with Crippen molar-refractivity contribution in [2.75, 3.05) is 30.4 Å². The Balaban J connectivity index is 1.87. The molecule has 2 amide bonds. The third kappa shape index (κ3) is 4.28. The van der Waals surface area contributed by atoms with Crippen LogP contribution < -0.4 is 15.5 Å². The zero-order chi connectivity index (χ0) is 20.1. The second-order valence-corrected chi connectivity index (χ2v) is 6.62. The summed E-state index contributed by atoms with van der Waals surface area (Å²) in [4.78, 5) is 37.3. The topological polar surface area (TPSA) is 105 Å². The Bertz CT molecular complexity index is 890. The molecule has 28 heavy (non-hydrogen) atoms. The molecule has 1 saturated heterocycles. The van der Waals surface area contributed by atoms with Crippen molar-refractivity contribution in [3.05, 3.63) is 63.7 Å². The van der Waals surface area contributed by atoms with E-state index in [4.69, 9.17) is 0 Å². The van der Waals surface area contributed by atoms with Crippen LogP contribution in [0.5, 0.6) is 0 Å². The Morgan fingerprint density at radius 1 is 1.00 bits per heavy atom. The molecule has 2 N–H and O–H groups in total. The predicted octanol–water partition coefficient (Wildman–Crippen LogP) is 3.20. The first-order valence-corrected chi connectivity index (χ1v) is 9.16. The number of carbonyl (C=O) groups excluding carboxylic acids is 2. The molecule has 0 saturated carbocycles. The van der Waals surface area contributed by atoms with Crippen molar-refractivity contribution < 1.29 is 14.5 Å². The lowest BCUT2D eigenvalue weighted by atomic mass is 10.1. The lowest BCUT2D eigenvalue weighted by molar-refractivity contribution is -0.384. The van der Waals surface area contributed by atoms with E-state index in [9.17, 15) is 19.7 Å². The molecule has 8 nitrogen and oxygen atoms in total. The minimum Gasteiger partial charge on any atom is -0.371 e. The predicted molar refractivity (Wildman–Crippen MR) is 107 cm³/mol. The molecule has 0 bridgehead atoms. The fourth-order valence-electron chi connectivity index (χ4n) is 3.28. The number of hydrogen-bond acceptors (Lipinski definition) is 5. The molecule has 1 aliphatic heterocycles. The normalized spacial score (nSPS) is 13.7. The van der Waals surface area contributed by atoms with E-state index in [0.29, 0.717) is 16.9 Å². The summed E-state index contributed by atoms with van der Waals surface area (Å²) in [6, 6.07) is 10.9. The van der Waals surface area contributed by atoms with E-state index in [0.717, 1.165) is 32.4 Å². The molecule has 146 valence electrons. The number of anilines is 2. The van der Waals surface area contributed by atoms with E-state index in [2.05, 4.69) is 15.5 Å². The SMILES string of the molecule is CNC(=O)c1ccc(NC(=O)c2cc([N+](=O)[O-])ccc2N2CCCCC2)cc1. The van der Waals surface area contributed by atoms with E-state index >= 15 is 0 Å². The molecule has 1 heterocycles. The number of nitro benzene ring substituents is 1. The standard InChI is InChI=1S/C20H22N4O4/c1-21-19(25)14-5-7-15(8-6-14)22-20(26)17-13-16(24(27)28)9-10-18(17)23-11-3-2-4-12-23/h5-10,13H,2-4,11-12H2,1H3,(H,21,25)(H,22,26). The number of non-ortho nitro benzene ring substituents is 1. The van der Waals surface area contributed by atoms with Crippen LogP contribution in [0.15, 0.2) is 42.5 Å². The van der Waals surface area contributed by atoms with E-state index in [1.807, 2.05) is 0 Å². The maximum absolute atomic E-state index is 12.9. The average molecular weight is 382 g/mol. The molecule has 0 radical (unpaired) electrons. The van der Waals surface area contributed by atoms with E-state index < -0.39 is 10.8 Å². The van der Waals surface area contributed by atoms with Crippen LogP contribution in [0.3, 0.4) is 0 Å². The third-order valence-corrected chi connectivity index (χ3v) is 4.76. The van der Waals surface area contributed by atoms with Gasteiger partial charge in [-0.05, 0) is 49.6 Å². The fraction of sp³-hybridized carbons (Fsp3) is 0.300. The van der Waals surface area contributed by atoms with Crippen LogP contribution in [0.2, 0.25) is 0 Å². The van der Waals surface area contributed by atoms with Crippen LogP contribution in [0.25, 0.3) is 0 Å². The quantitative estimate of drug-likeness (QED) is 0.610. The molecule has 1 fully saturated rings. The molecule has 8 heteroatoms. The Labute approximate surface area is 162 Å². The van der Waals surface area contributed by atoms with Gasteiger partial charge in [0, 0.05) is 43.5 Å². The van der Waals surface area contributed by atoms with Gasteiger partial charge in [-0.3, -0.25) is 19.7 Å². The van der Waals surface area contributed by atoms with Crippen molar-refractivity contribution in [2.24, 2.45) is 0 Å². The van der Waals surface area contributed by atoms with E-state index in [-0.39, 0.29) is 17.2 Å². The van der Waals surface area contributed by atoms with Crippen LogP contribution in [0, 0.1) is 10.1 Å². The Kier molecular flexibility index (Phi) is 5.88. The Morgan fingerprint density at radius 2 is 1.68 bits per heavy atom. The number of amides is 2. The van der Waals surface area contributed by atoms with Gasteiger partial charge in [-0.1, -0.05) is 0 Å². The maximum atomic E-state index is 12.9. The molecular formula is C20H22N4O4. The summed E-state index contributed by atoms with van der Waals surface area (Å²) in [5.74, 6) is -0.638. The number of benzene rings is 2. The molecule has 0 aromatic heterocycles. The van der Waals surface area contributed by atoms with Crippen LogP contribution in [-0.2, 0) is 0 Å². The van der Waals surface area contributed by atoms with Gasteiger partial charge in [0.15, 0.2) is 0 Å². The summed E-state index contributed by atoms with van der Waals surface area (Å²) < 4.78 is 0. The van der Waals surface area contributed by atoms with Crippen molar-refractivity contribution in [1.29, 1.82) is 0 Å². The molecule has 2 aromatic rings. The summed E-state index contributed by atoms with van der Waals surface area (Å²) in [7, 11) is 1.54. The fourth-order valence-corrected chi connectivity index (χ4v) is 3.28. The first kappa shape index (κ1) is 19.3. The van der Waals surface area contributed by atoms with Crippen molar-refractivity contribution in [1.82, 2.24) is 5.32 Å². The second kappa shape index (κ2) is 8.51. The number of carbonyl (C=O) groups is 2. The van der Waals surface area contributed by atoms with Crippen LogP contribution >= 0.6 is 0 Å². The summed E-state index contributed by atoms with van der Waals surface area (Å²) in [5.41, 5.74) is 1.83. The molecule has 3 rings (SSSR count). The zero-order valence-electron chi connectivity index (χ0n) is 15.6. The van der Waals surface area contributed by atoms with Crippen molar-refractivity contribution in [3.8, 4) is 0 Å². The van der Waals surface area contributed by atoms with Gasteiger partial charge in [-0.15, -0.1) is 0 Å². The minimum atomic E-state index is -0.505. The highest BCUT2D eigenvalue weighted by molar-refractivity contribution is 6.08. The molecule has 1 aliphatic rings. The highest BCUT2D eigenvalue weighted by Crippen LogP contribution is 2.28. The number of nitro groups is 1. The molecule has 0 atom stereocenters. The van der Waals surface area contributed by atoms with E-state index in [1.54, 1.807) is 37.4 Å². The third-order valence-electron chi connectivity index (χ3n) is 4.76. The molecule has 0 spiro atoms. The maximum Gasteiger partial charge on any atom is 0.270 e. The van der Waals surface area contributed by atoms with Gasteiger partial charge < -0.3 is 15.5 Å². The number of nitrogens with one attached hydrogen (secondary N) is 2. The highest BCUT2D eigenvalue weighted by Gasteiger charge is 2.22. The summed E-state index contributed by atoms with van der Waals surface area (Å²) in [6.07, 6.45) is 3.20. The second-order valence-electron chi connectivity index (χ2n) is 6.62. The number of rotatable bonds is 5. The molecular weight excluding hydrogens is 360 g/mol. The van der Waals surface area contributed by atoms with E-state index in [1.165, 1.54) is 12.1 Å². The van der Waals surface area contributed by atoms with Crippen LogP contribution in [0.1, 0.15) is 40.0 Å². The van der Waals surface area contributed by atoms with Crippen molar-refractivity contribution >= 4 is 28.9 Å². The highest BCUT2D eigenvalue weighted by atomic mass is 16.6. The van der Waals surface area contributed by atoms with Gasteiger partial charge in [0.1, 0.15) is 0 Å². The smallest absolute Gasteiger partial charge is 0.270 e. The first-order chi connectivity index (χ1) is 13.5. The number of nitrogens with zero attached hydrogens (tertiary/aromatic N) is 2. The largest absolute Gasteiger partial charge is 0.371 e. The van der Waals surface area contributed by atoms with Gasteiger partial charge in [0.25, 0.3) is 17.5 Å². The monoisotopic (exact) mass is 382 g/mol. The lowest BCUT2D eigenvalue weighted by Crippen LogP contribution is -2.31. The number of hydrogen-bond donors (Lipinski definition) is 2. The van der Waals surface area contributed by atoms with Gasteiger partial charge in [-0.25, -0.2) is 0 Å². The number of piperidine rings is 1. The van der Waals surface area contributed by atoms with Gasteiger partial charge in [-0.2, -0.15) is 0 Å². The molecule has 0 unspecified atom stereocenters. The summed E-state index contributed by atoms with van der Waals surface area (Å²) in [6.45, 7) is 1.64. The molecule has 2 aromatic carbocycles. The van der Waals surface area contributed by atoms with Gasteiger partial charge in [0.05, 0.1) is 16.2 Å². The zero-order valence-corrected chi connectivity index (χ0v) is 15.6. The van der Waals surface area contributed by atoms with Crippen molar-refractivity contribution in [2.45, 2.75) is 19.3 Å². The average Bonchev–Trinajstić information content (AvgIpc) is 2.73. The summed E-state index contributed by atoms with van der Waals surface area (Å²) in [5, 5.41) is 16.5. The van der Waals surface area contributed by atoms with Crippen molar-refractivity contribution in [3.63, 3.8) is 0 Å². The van der Waals surface area contributed by atoms with Crippen LogP contribution in [-0.4, -0.2) is 36.9 Å². The van der Waals surface area contributed by atoms with Gasteiger partial charge in [0.2, 0.25) is 0 Å².